The number of hydrogen-bond acceptors (Lipinski definition) is 6. The van der Waals surface area contributed by atoms with E-state index in [1.165, 1.54) is 13.1 Å². The van der Waals surface area contributed by atoms with Gasteiger partial charge in [-0.05, 0) is 6.07 Å². The van der Waals surface area contributed by atoms with Gasteiger partial charge in [0.2, 0.25) is 0 Å². The first-order chi connectivity index (χ1) is 12.2. The van der Waals surface area contributed by atoms with Crippen molar-refractivity contribution < 1.29 is 9.53 Å². The van der Waals surface area contributed by atoms with Gasteiger partial charge >= 0.3 is 0 Å². The molecule has 1 atom stereocenters. The van der Waals surface area contributed by atoms with E-state index >= 15 is 0 Å². The number of fused-ring (bicyclic) bond motifs is 3. The smallest absolute Gasteiger partial charge is 0.255 e. The molecule has 0 aliphatic carbocycles. The summed E-state index contributed by atoms with van der Waals surface area (Å²) in [6, 6.07) is 2.21. The highest BCUT2D eigenvalue weighted by Crippen LogP contribution is 2.22. The Hall–Kier alpha value is -1.41. The second-order valence-electron chi connectivity index (χ2n) is 6.83. The monoisotopic (exact) mass is 365 g/mol. The number of carbonyl (C=O) groups excluding carboxylic acids is 1. The molecule has 1 unspecified atom stereocenters. The zero-order valence-electron chi connectivity index (χ0n) is 14.3. The second kappa shape index (κ2) is 7.45. The summed E-state index contributed by atoms with van der Waals surface area (Å²) in [5, 5.41) is 3.85. The van der Waals surface area contributed by atoms with Gasteiger partial charge in [0.05, 0.1) is 23.8 Å². The lowest BCUT2D eigenvalue weighted by atomic mass is 10.1. The molecule has 1 amide bonds. The van der Waals surface area contributed by atoms with Crippen LogP contribution in [0.4, 0.5) is 5.82 Å². The molecule has 4 saturated heterocycles. The van der Waals surface area contributed by atoms with E-state index in [-0.39, 0.29) is 5.91 Å². The summed E-state index contributed by atoms with van der Waals surface area (Å²) in [6.45, 7) is 8.94. The molecule has 7 nitrogen and oxygen atoms in total. The quantitative estimate of drug-likeness (QED) is 0.844. The van der Waals surface area contributed by atoms with Crippen molar-refractivity contribution in [1.82, 2.24) is 19.7 Å². The number of pyridine rings is 1. The lowest BCUT2D eigenvalue weighted by Gasteiger charge is -2.47. The average Bonchev–Trinajstić information content (AvgIpc) is 2.68. The van der Waals surface area contributed by atoms with Gasteiger partial charge in [0.25, 0.3) is 5.91 Å². The van der Waals surface area contributed by atoms with Gasteiger partial charge in [0.1, 0.15) is 5.82 Å². The number of ether oxygens (including phenoxy) is 1. The molecule has 0 radical (unpaired) electrons. The lowest BCUT2D eigenvalue weighted by Crippen LogP contribution is -2.62. The van der Waals surface area contributed by atoms with Gasteiger partial charge in [-0.25, -0.2) is 4.98 Å². The molecular weight excluding hydrogens is 342 g/mol. The van der Waals surface area contributed by atoms with Crippen LogP contribution in [0.15, 0.2) is 12.3 Å². The van der Waals surface area contributed by atoms with E-state index in [0.717, 1.165) is 26.2 Å². The van der Waals surface area contributed by atoms with Gasteiger partial charge in [-0.15, -0.1) is 0 Å². The highest BCUT2D eigenvalue weighted by atomic mass is 35.5. The number of nitrogens with zero attached hydrogens (tertiary/aromatic N) is 4. The number of anilines is 1. The minimum Gasteiger partial charge on any atom is -0.378 e. The molecule has 1 aromatic heterocycles. The molecule has 4 aliphatic heterocycles. The number of rotatable bonds is 4. The zero-order valence-corrected chi connectivity index (χ0v) is 15.0. The minimum absolute atomic E-state index is 0.0345. The number of hydrogen-bond donors (Lipinski definition) is 1. The molecule has 2 bridgehead atoms. The van der Waals surface area contributed by atoms with Gasteiger partial charge in [-0.3, -0.25) is 14.6 Å². The van der Waals surface area contributed by atoms with Crippen molar-refractivity contribution in [3.63, 3.8) is 0 Å². The predicted octanol–water partition coefficient (Wildman–Crippen LogP) is 0.619. The number of piperazine rings is 3. The van der Waals surface area contributed by atoms with Crippen LogP contribution in [0.2, 0.25) is 5.02 Å². The number of carbonyl (C=O) groups is 1. The fourth-order valence-electron chi connectivity index (χ4n) is 3.77. The Morgan fingerprint density at radius 1 is 1.24 bits per heavy atom. The molecule has 8 heteroatoms. The van der Waals surface area contributed by atoms with Crippen LogP contribution in [0, 0.1) is 0 Å². The Kier molecular flexibility index (Phi) is 5.08. The molecule has 1 aromatic rings. The summed E-state index contributed by atoms with van der Waals surface area (Å²) in [5.41, 5.74) is 0.532. The van der Waals surface area contributed by atoms with Gasteiger partial charge in [0.15, 0.2) is 0 Å². The van der Waals surface area contributed by atoms with Crippen molar-refractivity contribution >= 4 is 23.3 Å². The fourth-order valence-corrected chi connectivity index (χ4v) is 4.00. The third-order valence-electron chi connectivity index (χ3n) is 5.28. The predicted molar refractivity (Wildman–Crippen MR) is 96.3 cm³/mol. The highest BCUT2D eigenvalue weighted by Gasteiger charge is 2.31. The average molecular weight is 366 g/mol. The van der Waals surface area contributed by atoms with Gasteiger partial charge in [0, 0.05) is 64.6 Å². The third kappa shape index (κ3) is 3.74. The molecule has 1 N–H and O–H groups in total. The van der Waals surface area contributed by atoms with E-state index in [1.54, 1.807) is 17.2 Å². The SMILES string of the molecule is O=C(c1cnc(NCC2CN3CCN2CC3)c(Cl)c1)N1CCOCC1. The number of morpholine rings is 1. The summed E-state index contributed by atoms with van der Waals surface area (Å²) in [6.07, 6.45) is 1.61. The van der Waals surface area contributed by atoms with Crippen molar-refractivity contribution in [2.45, 2.75) is 6.04 Å². The molecule has 0 aromatic carbocycles. The summed E-state index contributed by atoms with van der Waals surface area (Å²) in [4.78, 5) is 23.7. The fraction of sp³-hybridized carbons (Fsp3) is 0.647. The molecule has 5 heterocycles. The molecule has 0 spiro atoms. The van der Waals surface area contributed by atoms with E-state index in [0.29, 0.717) is 48.7 Å². The number of aromatic nitrogens is 1. The van der Waals surface area contributed by atoms with Gasteiger partial charge in [-0.2, -0.15) is 0 Å². The molecule has 25 heavy (non-hydrogen) atoms. The van der Waals surface area contributed by atoms with E-state index in [1.807, 2.05) is 0 Å². The van der Waals surface area contributed by atoms with Crippen LogP contribution in [0.3, 0.4) is 0 Å². The Morgan fingerprint density at radius 2 is 2.00 bits per heavy atom. The van der Waals surface area contributed by atoms with Crippen LogP contribution in [0.5, 0.6) is 0 Å². The number of halogens is 1. The normalized spacial score (nSPS) is 28.8. The molecule has 136 valence electrons. The lowest BCUT2D eigenvalue weighted by molar-refractivity contribution is 0.0189. The highest BCUT2D eigenvalue weighted by molar-refractivity contribution is 6.33. The van der Waals surface area contributed by atoms with Gasteiger partial charge in [-0.1, -0.05) is 11.6 Å². The zero-order chi connectivity index (χ0) is 17.2. The standard InChI is InChI=1S/C17H24ClN5O2/c18-15-9-13(17(24)23-5-7-25-8-6-23)10-19-16(15)20-11-14-12-21-1-3-22(14)4-2-21/h9-10,14H,1-8,11-12H2,(H,19,20). The summed E-state index contributed by atoms with van der Waals surface area (Å²) >= 11 is 6.36. The first-order valence-corrected chi connectivity index (χ1v) is 9.31. The maximum atomic E-state index is 12.5. The van der Waals surface area contributed by atoms with Crippen LogP contribution in [-0.4, -0.2) is 97.2 Å². The van der Waals surface area contributed by atoms with Crippen molar-refractivity contribution in [3.05, 3.63) is 22.8 Å². The molecule has 5 rings (SSSR count). The largest absolute Gasteiger partial charge is 0.378 e. The van der Waals surface area contributed by atoms with Crippen LogP contribution < -0.4 is 5.32 Å². The van der Waals surface area contributed by atoms with Crippen LogP contribution in [0.25, 0.3) is 0 Å². The van der Waals surface area contributed by atoms with E-state index in [9.17, 15) is 4.79 Å². The van der Waals surface area contributed by atoms with E-state index < -0.39 is 0 Å². The second-order valence-corrected chi connectivity index (χ2v) is 7.24. The van der Waals surface area contributed by atoms with Gasteiger partial charge < -0.3 is 15.0 Å². The topological polar surface area (TPSA) is 60.9 Å². The van der Waals surface area contributed by atoms with Crippen LogP contribution >= 0.6 is 11.6 Å². The Labute approximate surface area is 152 Å². The van der Waals surface area contributed by atoms with Crippen LogP contribution in [0.1, 0.15) is 10.4 Å². The van der Waals surface area contributed by atoms with Crippen LogP contribution in [-0.2, 0) is 4.74 Å². The number of amides is 1. The Morgan fingerprint density at radius 3 is 2.64 bits per heavy atom. The first kappa shape index (κ1) is 17.0. The summed E-state index contributed by atoms with van der Waals surface area (Å²) < 4.78 is 5.29. The summed E-state index contributed by atoms with van der Waals surface area (Å²) in [7, 11) is 0. The molecule has 4 fully saturated rings. The van der Waals surface area contributed by atoms with E-state index in [2.05, 4.69) is 20.1 Å². The Balaban J connectivity index is 1.37. The van der Waals surface area contributed by atoms with Crippen molar-refractivity contribution in [1.29, 1.82) is 0 Å². The molecular formula is C17H24ClN5O2. The summed E-state index contributed by atoms with van der Waals surface area (Å²) in [5.74, 6) is 0.616. The Bertz CT molecular complexity index is 629. The van der Waals surface area contributed by atoms with E-state index in [4.69, 9.17) is 16.3 Å². The van der Waals surface area contributed by atoms with Crippen molar-refractivity contribution in [2.24, 2.45) is 0 Å². The third-order valence-corrected chi connectivity index (χ3v) is 5.57. The molecule has 4 aliphatic rings. The maximum absolute atomic E-state index is 12.5. The molecule has 0 saturated carbocycles. The van der Waals surface area contributed by atoms with Crippen molar-refractivity contribution in [2.75, 3.05) is 70.9 Å². The first-order valence-electron chi connectivity index (χ1n) is 8.93. The maximum Gasteiger partial charge on any atom is 0.255 e. The minimum atomic E-state index is -0.0345. The van der Waals surface area contributed by atoms with Crippen molar-refractivity contribution in [3.8, 4) is 0 Å². The number of nitrogens with one attached hydrogen (secondary N) is 1.